The maximum absolute atomic E-state index is 12.0. The van der Waals surface area contributed by atoms with Crippen LogP contribution in [0.3, 0.4) is 0 Å². The summed E-state index contributed by atoms with van der Waals surface area (Å²) in [5, 5.41) is 2.73. The summed E-state index contributed by atoms with van der Waals surface area (Å²) in [6.07, 6.45) is 4.88. The predicted octanol–water partition coefficient (Wildman–Crippen LogP) is 1.11. The summed E-state index contributed by atoms with van der Waals surface area (Å²) in [6.45, 7) is 7.36. The van der Waals surface area contributed by atoms with E-state index in [1.54, 1.807) is 18.3 Å². The summed E-state index contributed by atoms with van der Waals surface area (Å²) < 4.78 is 0. The molecular weight excluding hydrogens is 304 g/mol. The van der Waals surface area contributed by atoms with Crippen LogP contribution in [0, 0.1) is 0 Å². The van der Waals surface area contributed by atoms with Gasteiger partial charge in [0.1, 0.15) is 23.7 Å². The van der Waals surface area contributed by atoms with Gasteiger partial charge in [0.05, 0.1) is 0 Å². The van der Waals surface area contributed by atoms with Crippen molar-refractivity contribution in [2.75, 3.05) is 42.5 Å². The first-order valence-corrected chi connectivity index (χ1v) is 7.90. The molecule has 0 aromatic carbocycles. The highest BCUT2D eigenvalue weighted by molar-refractivity contribution is 5.92. The monoisotopic (exact) mass is 324 g/mol. The van der Waals surface area contributed by atoms with Crippen molar-refractivity contribution in [3.8, 4) is 0 Å². The maximum Gasteiger partial charge on any atom is 0.270 e. The molecule has 0 spiro atoms. The average molecular weight is 324 g/mol. The first-order chi connectivity index (χ1) is 11.8. The van der Waals surface area contributed by atoms with E-state index in [9.17, 15) is 4.79 Å². The third kappa shape index (κ3) is 3.68. The van der Waals surface area contributed by atoms with E-state index in [4.69, 9.17) is 0 Å². The lowest BCUT2D eigenvalue weighted by atomic mass is 10.2. The van der Waals surface area contributed by atoms with Gasteiger partial charge in [-0.1, -0.05) is 12.1 Å². The van der Waals surface area contributed by atoms with E-state index in [1.807, 2.05) is 18.2 Å². The van der Waals surface area contributed by atoms with Gasteiger partial charge >= 0.3 is 0 Å². The lowest BCUT2D eigenvalue weighted by Crippen LogP contribution is -2.47. The second-order valence-electron chi connectivity index (χ2n) is 5.42. The molecule has 7 nitrogen and oxygen atoms in total. The van der Waals surface area contributed by atoms with Crippen molar-refractivity contribution in [2.45, 2.75) is 0 Å². The van der Waals surface area contributed by atoms with Gasteiger partial charge < -0.3 is 15.1 Å². The number of nitrogens with one attached hydrogen (secondary N) is 1. The van der Waals surface area contributed by atoms with Crippen molar-refractivity contribution in [1.82, 2.24) is 20.3 Å². The minimum atomic E-state index is -0.217. The lowest BCUT2D eigenvalue weighted by Gasteiger charge is -2.36. The number of aromatic nitrogens is 3. The topological polar surface area (TPSA) is 74.2 Å². The van der Waals surface area contributed by atoms with Gasteiger partial charge in [0.15, 0.2) is 0 Å². The fraction of sp³-hybridized carbons (Fsp3) is 0.294. The third-order valence-electron chi connectivity index (χ3n) is 3.87. The molecule has 0 bridgehead atoms. The van der Waals surface area contributed by atoms with Crippen LogP contribution >= 0.6 is 0 Å². The van der Waals surface area contributed by atoms with Gasteiger partial charge in [-0.25, -0.2) is 15.0 Å². The molecule has 1 amide bonds. The molecule has 1 fully saturated rings. The van der Waals surface area contributed by atoms with Crippen LogP contribution in [-0.4, -0.2) is 53.6 Å². The summed E-state index contributed by atoms with van der Waals surface area (Å²) in [5.41, 5.74) is 0.369. The van der Waals surface area contributed by atoms with Crippen LogP contribution in [0.25, 0.3) is 0 Å². The van der Waals surface area contributed by atoms with Gasteiger partial charge in [-0.2, -0.15) is 0 Å². The maximum atomic E-state index is 12.0. The Balaban J connectivity index is 1.64. The zero-order valence-electron chi connectivity index (χ0n) is 13.4. The van der Waals surface area contributed by atoms with Crippen molar-refractivity contribution in [2.24, 2.45) is 0 Å². The highest BCUT2D eigenvalue weighted by Gasteiger charge is 2.20. The normalized spacial score (nSPS) is 14.3. The third-order valence-corrected chi connectivity index (χ3v) is 3.87. The van der Waals surface area contributed by atoms with Crippen LogP contribution in [0.2, 0.25) is 0 Å². The Bertz CT molecular complexity index is 697. The van der Waals surface area contributed by atoms with Gasteiger partial charge in [0.25, 0.3) is 5.91 Å². The molecular formula is C17H20N6O. The molecule has 0 unspecified atom stereocenters. The molecule has 1 aliphatic rings. The van der Waals surface area contributed by atoms with Crippen LogP contribution in [0.15, 0.2) is 49.4 Å². The Hall–Kier alpha value is -2.96. The van der Waals surface area contributed by atoms with Crippen molar-refractivity contribution in [3.63, 3.8) is 0 Å². The number of nitrogens with zero attached hydrogens (tertiary/aromatic N) is 5. The Morgan fingerprint density at radius 3 is 2.54 bits per heavy atom. The number of anilines is 2. The number of pyridine rings is 1. The first kappa shape index (κ1) is 15.9. The molecule has 7 heteroatoms. The Morgan fingerprint density at radius 1 is 1.12 bits per heavy atom. The molecule has 3 heterocycles. The average Bonchev–Trinajstić information content (AvgIpc) is 2.67. The largest absolute Gasteiger partial charge is 0.353 e. The van der Waals surface area contributed by atoms with E-state index < -0.39 is 0 Å². The van der Waals surface area contributed by atoms with E-state index in [2.05, 4.69) is 36.6 Å². The quantitative estimate of drug-likeness (QED) is 0.831. The Morgan fingerprint density at radius 2 is 1.88 bits per heavy atom. The SMILES string of the molecule is C=CCNC(=O)c1cc(N2CCN(c3ccccn3)CC2)ncn1. The van der Waals surface area contributed by atoms with Gasteiger partial charge in [-0.3, -0.25) is 4.79 Å². The zero-order valence-corrected chi connectivity index (χ0v) is 13.4. The number of carbonyl (C=O) groups excluding carboxylic acids is 1. The van der Waals surface area contributed by atoms with E-state index in [0.29, 0.717) is 12.2 Å². The molecule has 3 rings (SSSR count). The van der Waals surface area contributed by atoms with Crippen LogP contribution in [0.4, 0.5) is 11.6 Å². The fourth-order valence-electron chi connectivity index (χ4n) is 2.61. The molecule has 0 atom stereocenters. The number of rotatable bonds is 5. The summed E-state index contributed by atoms with van der Waals surface area (Å²) in [6, 6.07) is 7.66. The number of carbonyl (C=O) groups is 1. The second-order valence-corrected chi connectivity index (χ2v) is 5.42. The van der Waals surface area contributed by atoms with E-state index in [1.165, 1.54) is 6.33 Å². The van der Waals surface area contributed by atoms with Crippen LogP contribution < -0.4 is 15.1 Å². The van der Waals surface area contributed by atoms with Crippen LogP contribution in [0.5, 0.6) is 0 Å². The van der Waals surface area contributed by atoms with Gasteiger partial charge in [0, 0.05) is 45.0 Å². The molecule has 1 saturated heterocycles. The summed E-state index contributed by atoms with van der Waals surface area (Å²) in [5.74, 6) is 1.55. The van der Waals surface area contributed by atoms with Gasteiger partial charge in [-0.15, -0.1) is 6.58 Å². The summed E-state index contributed by atoms with van der Waals surface area (Å²) in [4.78, 5) is 29.1. The van der Waals surface area contributed by atoms with E-state index in [-0.39, 0.29) is 5.91 Å². The van der Waals surface area contributed by atoms with Gasteiger partial charge in [-0.05, 0) is 12.1 Å². The zero-order chi connectivity index (χ0) is 16.8. The highest BCUT2D eigenvalue weighted by Crippen LogP contribution is 2.17. The molecule has 2 aromatic rings. The first-order valence-electron chi connectivity index (χ1n) is 7.90. The van der Waals surface area contributed by atoms with E-state index in [0.717, 1.165) is 37.8 Å². The molecule has 2 aromatic heterocycles. The summed E-state index contributed by atoms with van der Waals surface area (Å²) in [7, 11) is 0. The number of hydrogen-bond donors (Lipinski definition) is 1. The van der Waals surface area contributed by atoms with Crippen molar-refractivity contribution < 1.29 is 4.79 Å². The second kappa shape index (κ2) is 7.54. The molecule has 24 heavy (non-hydrogen) atoms. The Kier molecular flexibility index (Phi) is 5.00. The van der Waals surface area contributed by atoms with E-state index >= 15 is 0 Å². The van der Waals surface area contributed by atoms with Gasteiger partial charge in [0.2, 0.25) is 0 Å². The minimum absolute atomic E-state index is 0.217. The highest BCUT2D eigenvalue weighted by atomic mass is 16.1. The molecule has 0 aliphatic carbocycles. The molecule has 124 valence electrons. The lowest BCUT2D eigenvalue weighted by molar-refractivity contribution is 0.0953. The fourth-order valence-corrected chi connectivity index (χ4v) is 2.61. The molecule has 1 aliphatic heterocycles. The van der Waals surface area contributed by atoms with Crippen molar-refractivity contribution >= 4 is 17.5 Å². The van der Waals surface area contributed by atoms with Crippen LogP contribution in [-0.2, 0) is 0 Å². The number of hydrogen-bond acceptors (Lipinski definition) is 6. The predicted molar refractivity (Wildman–Crippen MR) is 93.2 cm³/mol. The number of piperazine rings is 1. The van der Waals surface area contributed by atoms with Crippen molar-refractivity contribution in [1.29, 1.82) is 0 Å². The standard InChI is InChI=1S/C17H20N6O/c1-2-6-19-17(24)14-12-16(21-13-20-14)23-10-8-22(9-11-23)15-5-3-4-7-18-15/h2-5,7,12-13H,1,6,8-11H2,(H,19,24). The number of amides is 1. The smallest absolute Gasteiger partial charge is 0.270 e. The van der Waals surface area contributed by atoms with Crippen molar-refractivity contribution in [3.05, 3.63) is 55.1 Å². The molecule has 0 radical (unpaired) electrons. The van der Waals surface area contributed by atoms with Crippen LogP contribution in [0.1, 0.15) is 10.5 Å². The molecule has 0 saturated carbocycles. The Labute approximate surface area is 141 Å². The summed E-state index contributed by atoms with van der Waals surface area (Å²) >= 11 is 0. The minimum Gasteiger partial charge on any atom is -0.353 e. The molecule has 1 N–H and O–H groups in total.